The summed E-state index contributed by atoms with van der Waals surface area (Å²) in [5, 5.41) is 3.30. The number of hydrogen-bond acceptors (Lipinski definition) is 4. The summed E-state index contributed by atoms with van der Waals surface area (Å²) >= 11 is 5.52. The summed E-state index contributed by atoms with van der Waals surface area (Å²) in [4.78, 5) is 5.14. The number of rotatable bonds is 5. The molecular formula is C18H19N3O2S. The summed E-state index contributed by atoms with van der Waals surface area (Å²) in [6.45, 7) is 0. The zero-order valence-electron chi connectivity index (χ0n) is 13.9. The van der Waals surface area contributed by atoms with E-state index < -0.39 is 0 Å². The van der Waals surface area contributed by atoms with Crippen molar-refractivity contribution in [3.8, 4) is 11.5 Å². The Hall–Kier alpha value is -2.60. The Morgan fingerprint density at radius 1 is 1.21 bits per heavy atom. The number of thiocarbonyl (C=S) groups is 1. The molecule has 1 heterocycles. The Morgan fingerprint density at radius 2 is 2.04 bits per heavy atom. The molecule has 3 aromatic rings. The zero-order valence-corrected chi connectivity index (χ0v) is 14.7. The summed E-state index contributed by atoms with van der Waals surface area (Å²) in [7, 11) is 5.25. The lowest BCUT2D eigenvalue weighted by molar-refractivity contribution is 0.392. The van der Waals surface area contributed by atoms with Crippen molar-refractivity contribution in [1.29, 1.82) is 0 Å². The molecule has 24 heavy (non-hydrogen) atoms. The molecule has 2 aromatic carbocycles. The fourth-order valence-corrected chi connectivity index (χ4v) is 2.89. The van der Waals surface area contributed by atoms with Gasteiger partial charge in [-0.05, 0) is 18.2 Å². The first-order valence-corrected chi connectivity index (χ1v) is 7.94. The molecule has 6 heteroatoms. The quantitative estimate of drug-likeness (QED) is 0.719. The number of nitrogens with zero attached hydrogens (tertiary/aromatic N) is 2. The maximum absolute atomic E-state index is 5.52. The van der Waals surface area contributed by atoms with Crippen molar-refractivity contribution in [3.63, 3.8) is 0 Å². The molecule has 1 N–H and O–H groups in total. The van der Waals surface area contributed by atoms with Crippen LogP contribution in [0.5, 0.6) is 11.5 Å². The summed E-state index contributed by atoms with van der Waals surface area (Å²) < 4.78 is 12.6. The molecule has 0 unspecified atom stereocenters. The molecule has 0 aliphatic heterocycles. The number of anilines is 1. The van der Waals surface area contributed by atoms with Crippen molar-refractivity contribution < 1.29 is 9.47 Å². The first-order chi connectivity index (χ1) is 11.6. The lowest BCUT2D eigenvalue weighted by atomic mass is 10.1. The maximum atomic E-state index is 5.52. The first-order valence-electron chi connectivity index (χ1n) is 7.53. The molecule has 0 bridgehead atoms. The number of hydrogen-bond donors (Lipinski definition) is 1. The van der Waals surface area contributed by atoms with Gasteiger partial charge >= 0.3 is 0 Å². The van der Waals surface area contributed by atoms with Crippen LogP contribution >= 0.6 is 12.2 Å². The molecule has 0 aliphatic rings. The third-order valence-corrected chi connectivity index (χ3v) is 4.12. The minimum absolute atomic E-state index is 0.575. The van der Waals surface area contributed by atoms with Crippen LogP contribution in [-0.2, 0) is 13.5 Å². The van der Waals surface area contributed by atoms with E-state index in [9.17, 15) is 0 Å². The fourth-order valence-electron chi connectivity index (χ4n) is 2.62. The van der Waals surface area contributed by atoms with Crippen molar-refractivity contribution in [2.75, 3.05) is 19.5 Å². The van der Waals surface area contributed by atoms with E-state index in [1.165, 1.54) is 0 Å². The van der Waals surface area contributed by atoms with Gasteiger partial charge in [0, 0.05) is 25.1 Å². The van der Waals surface area contributed by atoms with Gasteiger partial charge in [-0.1, -0.05) is 24.4 Å². The average Bonchev–Trinajstić information content (AvgIpc) is 2.97. The number of aryl methyl sites for hydroxylation is 1. The van der Waals surface area contributed by atoms with Crippen LogP contribution in [0.4, 0.5) is 5.69 Å². The van der Waals surface area contributed by atoms with Crippen molar-refractivity contribution in [2.24, 2.45) is 7.05 Å². The molecule has 0 amide bonds. The number of para-hydroxylation sites is 1. The average molecular weight is 341 g/mol. The molecule has 3 rings (SSSR count). The van der Waals surface area contributed by atoms with Crippen LogP contribution in [0.1, 0.15) is 5.56 Å². The van der Waals surface area contributed by atoms with Gasteiger partial charge in [0.1, 0.15) is 17.0 Å². The number of aromatic nitrogens is 2. The first kappa shape index (κ1) is 16.3. The topological polar surface area (TPSA) is 48.3 Å². The second kappa shape index (κ2) is 6.88. The Bertz CT molecular complexity index is 889. The lowest BCUT2D eigenvalue weighted by Gasteiger charge is -2.12. The van der Waals surface area contributed by atoms with E-state index in [0.717, 1.165) is 33.8 Å². The number of nitrogens with one attached hydrogen (secondary N) is 1. The van der Waals surface area contributed by atoms with E-state index in [-0.39, 0.29) is 0 Å². The number of methoxy groups -OCH3 is 2. The summed E-state index contributed by atoms with van der Waals surface area (Å²) in [6, 6.07) is 11.7. The van der Waals surface area contributed by atoms with E-state index in [2.05, 4.69) is 10.3 Å². The van der Waals surface area contributed by atoms with Crippen molar-refractivity contribution in [2.45, 2.75) is 6.42 Å². The predicted octanol–water partition coefficient (Wildman–Crippen LogP) is 3.57. The smallest absolute Gasteiger partial charge is 0.126 e. The minimum atomic E-state index is 0.575. The predicted molar refractivity (Wildman–Crippen MR) is 100 cm³/mol. The van der Waals surface area contributed by atoms with Crippen LogP contribution in [0.3, 0.4) is 0 Å². The maximum Gasteiger partial charge on any atom is 0.126 e. The zero-order chi connectivity index (χ0) is 17.1. The Labute approximate surface area is 146 Å². The molecular weight excluding hydrogens is 322 g/mol. The molecule has 0 fully saturated rings. The molecule has 0 atom stereocenters. The highest BCUT2D eigenvalue weighted by Gasteiger charge is 2.10. The largest absolute Gasteiger partial charge is 0.497 e. The molecule has 1 aromatic heterocycles. The second-order valence-corrected chi connectivity index (χ2v) is 5.92. The molecule has 0 saturated heterocycles. The Morgan fingerprint density at radius 3 is 2.79 bits per heavy atom. The number of ether oxygens (including phenoxy) is 2. The monoisotopic (exact) mass is 341 g/mol. The van der Waals surface area contributed by atoms with Gasteiger partial charge in [0.05, 0.1) is 36.7 Å². The standard InChI is InChI=1S/C18H19N3O2S/c1-21-11-19-18-14(5-4-6-15(18)21)20-17(24)9-12-7-8-13(22-2)10-16(12)23-3/h4-8,10-11H,9H2,1-3H3,(H,20,24). The normalized spacial score (nSPS) is 10.6. The van der Waals surface area contributed by atoms with Gasteiger partial charge < -0.3 is 19.4 Å². The number of fused-ring (bicyclic) bond motifs is 1. The van der Waals surface area contributed by atoms with Crippen LogP contribution in [-0.4, -0.2) is 28.8 Å². The van der Waals surface area contributed by atoms with E-state index in [1.54, 1.807) is 20.5 Å². The SMILES string of the molecule is COc1ccc(CC(=S)Nc2cccc3c2ncn3C)c(OC)c1. The Balaban J connectivity index is 1.80. The third-order valence-electron chi connectivity index (χ3n) is 3.87. The summed E-state index contributed by atoms with van der Waals surface area (Å²) in [5.41, 5.74) is 3.88. The van der Waals surface area contributed by atoms with Gasteiger partial charge in [-0.15, -0.1) is 0 Å². The van der Waals surface area contributed by atoms with Gasteiger partial charge in [-0.2, -0.15) is 0 Å². The van der Waals surface area contributed by atoms with E-state index in [0.29, 0.717) is 11.4 Å². The van der Waals surface area contributed by atoms with Gasteiger partial charge in [-0.3, -0.25) is 0 Å². The molecule has 0 spiro atoms. The van der Waals surface area contributed by atoms with Gasteiger partial charge in [0.25, 0.3) is 0 Å². The minimum Gasteiger partial charge on any atom is -0.497 e. The van der Waals surface area contributed by atoms with Crippen LogP contribution in [0.2, 0.25) is 0 Å². The van der Waals surface area contributed by atoms with Crippen molar-refractivity contribution in [1.82, 2.24) is 9.55 Å². The van der Waals surface area contributed by atoms with E-state index in [4.69, 9.17) is 21.7 Å². The third kappa shape index (κ3) is 3.19. The summed E-state index contributed by atoms with van der Waals surface area (Å²) in [5.74, 6) is 1.52. The highest BCUT2D eigenvalue weighted by atomic mass is 32.1. The van der Waals surface area contributed by atoms with Crippen LogP contribution in [0.25, 0.3) is 11.0 Å². The molecule has 0 radical (unpaired) electrons. The second-order valence-electron chi connectivity index (χ2n) is 5.43. The van der Waals surface area contributed by atoms with E-state index >= 15 is 0 Å². The molecule has 124 valence electrons. The van der Waals surface area contributed by atoms with Gasteiger partial charge in [0.2, 0.25) is 0 Å². The van der Waals surface area contributed by atoms with Crippen LogP contribution in [0, 0.1) is 0 Å². The van der Waals surface area contributed by atoms with Crippen molar-refractivity contribution in [3.05, 3.63) is 48.3 Å². The highest BCUT2D eigenvalue weighted by molar-refractivity contribution is 7.80. The number of benzene rings is 2. The van der Waals surface area contributed by atoms with Crippen LogP contribution < -0.4 is 14.8 Å². The van der Waals surface area contributed by atoms with Crippen molar-refractivity contribution >= 4 is 33.9 Å². The van der Waals surface area contributed by atoms with Gasteiger partial charge in [-0.25, -0.2) is 4.98 Å². The molecule has 0 aliphatic carbocycles. The number of imidazole rings is 1. The fraction of sp³-hybridized carbons (Fsp3) is 0.222. The van der Waals surface area contributed by atoms with Gasteiger partial charge in [0.15, 0.2) is 0 Å². The highest BCUT2D eigenvalue weighted by Crippen LogP contribution is 2.26. The van der Waals surface area contributed by atoms with E-state index in [1.807, 2.05) is 48.0 Å². The Kier molecular flexibility index (Phi) is 4.66. The summed E-state index contributed by atoms with van der Waals surface area (Å²) in [6.07, 6.45) is 2.37. The van der Waals surface area contributed by atoms with Crippen LogP contribution in [0.15, 0.2) is 42.7 Å². The molecule has 0 saturated carbocycles. The lowest BCUT2D eigenvalue weighted by Crippen LogP contribution is -2.13. The molecule has 5 nitrogen and oxygen atoms in total.